The van der Waals surface area contributed by atoms with Crippen LogP contribution in [0, 0.1) is 5.92 Å². The third kappa shape index (κ3) is 4.12. The van der Waals surface area contributed by atoms with Crippen molar-refractivity contribution in [3.05, 3.63) is 47.8 Å². The zero-order valence-electron chi connectivity index (χ0n) is 12.5. The summed E-state index contributed by atoms with van der Waals surface area (Å²) in [7, 11) is 0. The quantitative estimate of drug-likeness (QED) is 0.817. The average molecular weight is 341 g/mol. The molecular formula is C15H14F3N3O3. The first-order chi connectivity index (χ1) is 11.2. The highest BCUT2D eigenvalue weighted by molar-refractivity contribution is 5.96. The van der Waals surface area contributed by atoms with Crippen LogP contribution in [0.15, 0.2) is 36.5 Å². The Bertz CT molecular complexity index is 738. The normalized spacial score (nSPS) is 12.7. The predicted molar refractivity (Wildman–Crippen MR) is 77.2 cm³/mol. The van der Waals surface area contributed by atoms with E-state index >= 15 is 0 Å². The fourth-order valence-electron chi connectivity index (χ4n) is 1.84. The van der Waals surface area contributed by atoms with Crippen LogP contribution >= 0.6 is 0 Å². The largest absolute Gasteiger partial charge is 0.481 e. The number of aromatic nitrogens is 2. The molecule has 0 aliphatic carbocycles. The Morgan fingerprint density at radius 1 is 1.25 bits per heavy atom. The zero-order valence-corrected chi connectivity index (χ0v) is 12.5. The standard InChI is InChI=1S/C15H14F3N3O3/c1-9(14(23)24)13(22)19-8-10-2-4-11(5-3-10)21-7-6-12(20-21)15(16,17)18/h2-7,9H,8H2,1H3,(H,19,22)(H,23,24). The summed E-state index contributed by atoms with van der Waals surface area (Å²) in [6.45, 7) is 1.39. The summed E-state index contributed by atoms with van der Waals surface area (Å²) < 4.78 is 38.7. The Kier molecular flexibility index (Phi) is 4.91. The summed E-state index contributed by atoms with van der Waals surface area (Å²) >= 11 is 0. The number of hydrogen-bond acceptors (Lipinski definition) is 3. The van der Waals surface area contributed by atoms with Crippen molar-refractivity contribution < 1.29 is 27.9 Å². The van der Waals surface area contributed by atoms with Crippen molar-refractivity contribution in [3.63, 3.8) is 0 Å². The molecule has 0 fully saturated rings. The van der Waals surface area contributed by atoms with Crippen LogP contribution in [0.5, 0.6) is 0 Å². The van der Waals surface area contributed by atoms with Crippen LogP contribution in [0.25, 0.3) is 5.69 Å². The molecule has 0 aliphatic rings. The van der Waals surface area contributed by atoms with Crippen molar-refractivity contribution in [2.75, 3.05) is 0 Å². The van der Waals surface area contributed by atoms with Crippen LogP contribution < -0.4 is 5.32 Å². The molecule has 0 bridgehead atoms. The van der Waals surface area contributed by atoms with Gasteiger partial charge in [0.25, 0.3) is 0 Å². The number of amides is 1. The summed E-state index contributed by atoms with van der Waals surface area (Å²) in [5, 5.41) is 14.6. The van der Waals surface area contributed by atoms with E-state index in [1.165, 1.54) is 13.1 Å². The van der Waals surface area contributed by atoms with E-state index in [9.17, 15) is 22.8 Å². The van der Waals surface area contributed by atoms with Gasteiger partial charge in [0.05, 0.1) is 5.69 Å². The minimum atomic E-state index is -4.50. The van der Waals surface area contributed by atoms with Crippen LogP contribution in [0.4, 0.5) is 13.2 Å². The van der Waals surface area contributed by atoms with Gasteiger partial charge >= 0.3 is 12.1 Å². The lowest BCUT2D eigenvalue weighted by atomic mass is 10.1. The smallest absolute Gasteiger partial charge is 0.435 e. The first-order valence-corrected chi connectivity index (χ1v) is 6.91. The Morgan fingerprint density at radius 2 is 1.88 bits per heavy atom. The second-order valence-corrected chi connectivity index (χ2v) is 5.09. The van der Waals surface area contributed by atoms with Crippen LogP contribution in [0.2, 0.25) is 0 Å². The molecule has 128 valence electrons. The van der Waals surface area contributed by atoms with Crippen molar-refractivity contribution in [1.82, 2.24) is 15.1 Å². The van der Waals surface area contributed by atoms with Gasteiger partial charge in [-0.15, -0.1) is 0 Å². The van der Waals surface area contributed by atoms with Gasteiger partial charge in [0, 0.05) is 12.7 Å². The minimum absolute atomic E-state index is 0.115. The molecule has 1 unspecified atom stereocenters. The van der Waals surface area contributed by atoms with Crippen molar-refractivity contribution in [1.29, 1.82) is 0 Å². The molecule has 1 aromatic heterocycles. The number of nitrogens with zero attached hydrogens (tertiary/aromatic N) is 2. The van der Waals surface area contributed by atoms with E-state index in [2.05, 4.69) is 10.4 Å². The number of carbonyl (C=O) groups excluding carboxylic acids is 1. The van der Waals surface area contributed by atoms with E-state index in [1.807, 2.05) is 0 Å². The highest BCUT2D eigenvalue weighted by atomic mass is 19.4. The molecular weight excluding hydrogens is 327 g/mol. The minimum Gasteiger partial charge on any atom is -0.481 e. The van der Waals surface area contributed by atoms with Crippen LogP contribution in [0.3, 0.4) is 0 Å². The van der Waals surface area contributed by atoms with Crippen molar-refractivity contribution in [2.45, 2.75) is 19.6 Å². The van der Waals surface area contributed by atoms with E-state index in [1.54, 1.807) is 24.3 Å². The highest BCUT2D eigenvalue weighted by Crippen LogP contribution is 2.27. The van der Waals surface area contributed by atoms with Gasteiger partial charge in [-0.1, -0.05) is 12.1 Å². The van der Waals surface area contributed by atoms with Crippen molar-refractivity contribution >= 4 is 11.9 Å². The molecule has 0 saturated carbocycles. The maximum absolute atomic E-state index is 12.5. The Hall–Kier alpha value is -2.84. The molecule has 24 heavy (non-hydrogen) atoms. The topological polar surface area (TPSA) is 84.2 Å². The number of halogens is 3. The molecule has 1 atom stereocenters. The number of nitrogens with one attached hydrogen (secondary N) is 1. The van der Waals surface area contributed by atoms with Gasteiger partial charge in [0.1, 0.15) is 5.92 Å². The number of benzene rings is 1. The van der Waals surface area contributed by atoms with E-state index in [-0.39, 0.29) is 6.54 Å². The number of carboxylic acid groups (broad SMARTS) is 1. The molecule has 1 aromatic carbocycles. The third-order valence-corrected chi connectivity index (χ3v) is 3.31. The third-order valence-electron chi connectivity index (χ3n) is 3.31. The Balaban J connectivity index is 2.02. The maximum atomic E-state index is 12.5. The lowest BCUT2D eigenvalue weighted by Crippen LogP contribution is -2.33. The predicted octanol–water partition coefficient (Wildman–Crippen LogP) is 2.23. The Labute approximate surface area is 134 Å². The number of carbonyl (C=O) groups is 2. The van der Waals surface area contributed by atoms with Gasteiger partial charge in [-0.25, -0.2) is 4.68 Å². The molecule has 6 nitrogen and oxygen atoms in total. The maximum Gasteiger partial charge on any atom is 0.435 e. The van der Waals surface area contributed by atoms with E-state index in [0.29, 0.717) is 11.3 Å². The number of rotatable bonds is 5. The molecule has 0 aliphatic heterocycles. The lowest BCUT2D eigenvalue weighted by molar-refractivity contribution is -0.146. The van der Waals surface area contributed by atoms with E-state index < -0.39 is 29.7 Å². The summed E-state index contributed by atoms with van der Waals surface area (Å²) in [6, 6.07) is 7.19. The molecule has 0 radical (unpaired) electrons. The molecule has 1 heterocycles. The van der Waals surface area contributed by atoms with Crippen molar-refractivity contribution in [3.8, 4) is 5.69 Å². The second kappa shape index (κ2) is 6.73. The number of hydrogen-bond donors (Lipinski definition) is 2. The Morgan fingerprint density at radius 3 is 2.38 bits per heavy atom. The van der Waals surface area contributed by atoms with Gasteiger partial charge in [-0.2, -0.15) is 18.3 Å². The highest BCUT2D eigenvalue weighted by Gasteiger charge is 2.33. The van der Waals surface area contributed by atoms with Crippen molar-refractivity contribution in [2.24, 2.45) is 5.92 Å². The van der Waals surface area contributed by atoms with Gasteiger partial charge in [-0.05, 0) is 30.7 Å². The lowest BCUT2D eigenvalue weighted by Gasteiger charge is -2.09. The fourth-order valence-corrected chi connectivity index (χ4v) is 1.84. The summed E-state index contributed by atoms with van der Waals surface area (Å²) in [4.78, 5) is 22.2. The fraction of sp³-hybridized carbons (Fsp3) is 0.267. The number of alkyl halides is 3. The first kappa shape index (κ1) is 17.5. The van der Waals surface area contributed by atoms with Crippen LogP contribution in [-0.4, -0.2) is 26.8 Å². The molecule has 2 N–H and O–H groups in total. The zero-order chi connectivity index (χ0) is 17.9. The first-order valence-electron chi connectivity index (χ1n) is 6.91. The molecule has 0 saturated heterocycles. The van der Waals surface area contributed by atoms with E-state index in [0.717, 1.165) is 10.7 Å². The molecule has 2 aromatic rings. The monoisotopic (exact) mass is 341 g/mol. The van der Waals surface area contributed by atoms with Gasteiger partial charge in [0.15, 0.2) is 5.69 Å². The second-order valence-electron chi connectivity index (χ2n) is 5.09. The SMILES string of the molecule is CC(C(=O)O)C(=O)NCc1ccc(-n2ccc(C(F)(F)F)n2)cc1. The molecule has 0 spiro atoms. The molecule has 9 heteroatoms. The summed E-state index contributed by atoms with van der Waals surface area (Å²) in [6.07, 6.45) is -3.30. The summed E-state index contributed by atoms with van der Waals surface area (Å²) in [5.74, 6) is -3.00. The van der Waals surface area contributed by atoms with Crippen LogP contribution in [-0.2, 0) is 22.3 Å². The number of aliphatic carboxylic acids is 1. The molecule has 2 rings (SSSR count). The van der Waals surface area contributed by atoms with Crippen LogP contribution in [0.1, 0.15) is 18.2 Å². The van der Waals surface area contributed by atoms with Gasteiger partial charge < -0.3 is 10.4 Å². The van der Waals surface area contributed by atoms with E-state index in [4.69, 9.17) is 5.11 Å². The van der Waals surface area contributed by atoms with Gasteiger partial charge in [0.2, 0.25) is 5.91 Å². The molecule has 1 amide bonds. The van der Waals surface area contributed by atoms with Gasteiger partial charge in [-0.3, -0.25) is 9.59 Å². The number of carboxylic acids is 1. The average Bonchev–Trinajstić information content (AvgIpc) is 3.02. The summed E-state index contributed by atoms with van der Waals surface area (Å²) in [5.41, 5.74) is 0.119.